The molecule has 0 aromatic heterocycles. The summed E-state index contributed by atoms with van der Waals surface area (Å²) in [7, 11) is 0. The number of hydrogen-bond acceptors (Lipinski definition) is 3. The molecule has 0 saturated heterocycles. The van der Waals surface area contributed by atoms with Crippen LogP contribution < -0.4 is 0 Å². The van der Waals surface area contributed by atoms with Crippen molar-refractivity contribution in [1.29, 1.82) is 0 Å². The number of carboxylic acids is 1. The van der Waals surface area contributed by atoms with E-state index in [1.165, 1.54) is 11.8 Å². The van der Waals surface area contributed by atoms with Gasteiger partial charge in [-0.15, -0.1) is 0 Å². The van der Waals surface area contributed by atoms with Crippen molar-refractivity contribution in [2.75, 3.05) is 0 Å². The Morgan fingerprint density at radius 3 is 2.09 bits per heavy atom. The van der Waals surface area contributed by atoms with Gasteiger partial charge in [-0.3, -0.25) is 9.59 Å². The summed E-state index contributed by atoms with van der Waals surface area (Å²) in [5.74, 6) is -1.86. The molecule has 0 aliphatic rings. The van der Waals surface area contributed by atoms with Crippen LogP contribution >= 0.6 is 0 Å². The van der Waals surface area contributed by atoms with Crippen molar-refractivity contribution in [3.05, 3.63) is 35.9 Å². The lowest BCUT2D eigenvalue weighted by Crippen LogP contribution is -2.49. The van der Waals surface area contributed by atoms with E-state index in [2.05, 4.69) is 0 Å². The first kappa shape index (κ1) is 18.9. The van der Waals surface area contributed by atoms with Gasteiger partial charge in [-0.2, -0.15) is 0 Å². The number of carbonyl (C=O) groups is 3. The van der Waals surface area contributed by atoms with E-state index in [1.54, 1.807) is 0 Å². The smallest absolute Gasteiger partial charge is 0.326 e. The SMILES string of the molecule is CCC(CC)[C@@H](C(=O)O)N(Cc1ccccc1)C(=O)CC(C)=O. The number of benzene rings is 1. The maximum Gasteiger partial charge on any atom is 0.326 e. The Bertz CT molecular complexity index is 537. The minimum absolute atomic E-state index is 0.146. The molecule has 0 fully saturated rings. The number of aliphatic carboxylic acids is 1. The average molecular weight is 319 g/mol. The van der Waals surface area contributed by atoms with Crippen molar-refractivity contribution >= 4 is 17.7 Å². The van der Waals surface area contributed by atoms with Crippen molar-refractivity contribution in [2.24, 2.45) is 5.92 Å². The van der Waals surface area contributed by atoms with E-state index in [0.717, 1.165) is 5.56 Å². The summed E-state index contributed by atoms with van der Waals surface area (Å²) in [6.07, 6.45) is 1.05. The van der Waals surface area contributed by atoms with E-state index in [-0.39, 0.29) is 24.7 Å². The second kappa shape index (κ2) is 9.08. The number of Topliss-reactive ketones (excluding diaryl/α,β-unsaturated/α-hetero) is 1. The molecule has 1 atom stereocenters. The van der Waals surface area contributed by atoms with Crippen LogP contribution in [0.15, 0.2) is 30.3 Å². The molecule has 0 aliphatic carbocycles. The van der Waals surface area contributed by atoms with Gasteiger partial charge in [0.1, 0.15) is 11.8 Å². The highest BCUT2D eigenvalue weighted by Gasteiger charge is 2.35. The standard InChI is InChI=1S/C18H25NO4/c1-4-15(5-2)17(18(22)23)19(16(21)11-13(3)20)12-14-9-7-6-8-10-14/h6-10,15,17H,4-5,11-12H2,1-3H3,(H,22,23)/t17-/m0/s1. The van der Waals surface area contributed by atoms with Crippen LogP contribution in [0.3, 0.4) is 0 Å². The van der Waals surface area contributed by atoms with Gasteiger partial charge in [-0.1, -0.05) is 57.0 Å². The third-order valence-electron chi connectivity index (χ3n) is 4.00. The van der Waals surface area contributed by atoms with Gasteiger partial charge >= 0.3 is 5.97 Å². The summed E-state index contributed by atoms with van der Waals surface area (Å²) >= 11 is 0. The summed E-state index contributed by atoms with van der Waals surface area (Å²) in [5, 5.41) is 9.66. The van der Waals surface area contributed by atoms with Crippen molar-refractivity contribution in [2.45, 2.75) is 52.6 Å². The summed E-state index contributed by atoms with van der Waals surface area (Å²) in [6, 6.07) is 8.32. The molecular weight excluding hydrogens is 294 g/mol. The fraction of sp³-hybridized carbons (Fsp3) is 0.500. The number of ketones is 1. The minimum Gasteiger partial charge on any atom is -0.480 e. The van der Waals surface area contributed by atoms with Crippen molar-refractivity contribution in [3.63, 3.8) is 0 Å². The van der Waals surface area contributed by atoms with Gasteiger partial charge < -0.3 is 10.0 Å². The second-order valence-corrected chi connectivity index (χ2v) is 5.75. The Hall–Kier alpha value is -2.17. The van der Waals surface area contributed by atoms with E-state index < -0.39 is 17.9 Å². The lowest BCUT2D eigenvalue weighted by Gasteiger charge is -2.33. The van der Waals surface area contributed by atoms with Crippen molar-refractivity contribution in [3.8, 4) is 0 Å². The zero-order valence-electron chi connectivity index (χ0n) is 14.0. The first-order chi connectivity index (χ1) is 10.9. The van der Waals surface area contributed by atoms with Crippen LogP contribution in [0.25, 0.3) is 0 Å². The highest BCUT2D eigenvalue weighted by Crippen LogP contribution is 2.22. The molecule has 1 aromatic carbocycles. The van der Waals surface area contributed by atoms with Gasteiger partial charge in [0, 0.05) is 6.54 Å². The maximum atomic E-state index is 12.5. The predicted octanol–water partition coefficient (Wildman–Crippen LogP) is 2.88. The summed E-state index contributed by atoms with van der Waals surface area (Å²) in [4.78, 5) is 36.9. The Morgan fingerprint density at radius 1 is 1.09 bits per heavy atom. The number of carbonyl (C=O) groups excluding carboxylic acids is 2. The molecule has 1 rings (SSSR count). The molecule has 1 aromatic rings. The average Bonchev–Trinajstić information content (AvgIpc) is 2.50. The van der Waals surface area contributed by atoms with Gasteiger partial charge in [0.15, 0.2) is 0 Å². The number of nitrogens with zero attached hydrogens (tertiary/aromatic N) is 1. The van der Waals surface area contributed by atoms with Crippen LogP contribution in [0.5, 0.6) is 0 Å². The molecule has 1 amide bonds. The van der Waals surface area contributed by atoms with Crippen LogP contribution in [-0.2, 0) is 20.9 Å². The monoisotopic (exact) mass is 319 g/mol. The maximum absolute atomic E-state index is 12.5. The normalized spacial score (nSPS) is 12.0. The van der Waals surface area contributed by atoms with Crippen LogP contribution in [0.2, 0.25) is 0 Å². The Balaban J connectivity index is 3.15. The molecule has 0 unspecified atom stereocenters. The minimum atomic E-state index is -1.02. The molecule has 0 saturated carbocycles. The number of carboxylic acid groups (broad SMARTS) is 1. The molecule has 0 radical (unpaired) electrons. The Labute approximate surface area is 137 Å². The fourth-order valence-corrected chi connectivity index (χ4v) is 2.76. The molecule has 0 bridgehead atoms. The largest absolute Gasteiger partial charge is 0.480 e. The predicted molar refractivity (Wildman–Crippen MR) is 87.8 cm³/mol. The summed E-state index contributed by atoms with van der Waals surface area (Å²) < 4.78 is 0. The first-order valence-corrected chi connectivity index (χ1v) is 7.96. The quantitative estimate of drug-likeness (QED) is 0.710. The van der Waals surface area contributed by atoms with Crippen LogP contribution in [0.4, 0.5) is 0 Å². The van der Waals surface area contributed by atoms with E-state index in [9.17, 15) is 19.5 Å². The molecule has 1 N–H and O–H groups in total. The number of amides is 1. The molecule has 126 valence electrons. The van der Waals surface area contributed by atoms with Crippen LogP contribution in [0, 0.1) is 5.92 Å². The topological polar surface area (TPSA) is 74.7 Å². The molecule has 0 spiro atoms. The van der Waals surface area contributed by atoms with Crippen LogP contribution in [-0.4, -0.2) is 33.7 Å². The second-order valence-electron chi connectivity index (χ2n) is 5.75. The summed E-state index contributed by atoms with van der Waals surface area (Å²) in [6.45, 7) is 5.37. The van der Waals surface area contributed by atoms with Gasteiger partial charge in [0.25, 0.3) is 0 Å². The Morgan fingerprint density at radius 2 is 1.65 bits per heavy atom. The highest BCUT2D eigenvalue weighted by atomic mass is 16.4. The number of hydrogen-bond donors (Lipinski definition) is 1. The van der Waals surface area contributed by atoms with Crippen molar-refractivity contribution in [1.82, 2.24) is 4.90 Å². The molecule has 0 aliphatic heterocycles. The fourth-order valence-electron chi connectivity index (χ4n) is 2.76. The van der Waals surface area contributed by atoms with Gasteiger partial charge in [0.2, 0.25) is 5.91 Å². The Kier molecular flexibility index (Phi) is 7.45. The molecule has 23 heavy (non-hydrogen) atoms. The third kappa shape index (κ3) is 5.51. The summed E-state index contributed by atoms with van der Waals surface area (Å²) in [5.41, 5.74) is 0.849. The third-order valence-corrected chi connectivity index (χ3v) is 4.00. The van der Waals surface area contributed by atoms with Crippen molar-refractivity contribution < 1.29 is 19.5 Å². The first-order valence-electron chi connectivity index (χ1n) is 7.96. The van der Waals surface area contributed by atoms with Crippen LogP contribution in [0.1, 0.15) is 45.6 Å². The molecule has 0 heterocycles. The zero-order chi connectivity index (χ0) is 17.4. The van der Waals surface area contributed by atoms with E-state index >= 15 is 0 Å². The molecule has 5 nitrogen and oxygen atoms in total. The number of rotatable bonds is 9. The molecule has 5 heteroatoms. The lowest BCUT2D eigenvalue weighted by molar-refractivity contribution is -0.154. The van der Waals surface area contributed by atoms with E-state index in [1.807, 2.05) is 44.2 Å². The zero-order valence-corrected chi connectivity index (χ0v) is 14.0. The van der Waals surface area contributed by atoms with E-state index in [0.29, 0.717) is 12.8 Å². The van der Waals surface area contributed by atoms with Gasteiger partial charge in [-0.25, -0.2) is 4.79 Å². The van der Waals surface area contributed by atoms with Gasteiger partial charge in [-0.05, 0) is 18.4 Å². The highest BCUT2D eigenvalue weighted by molar-refractivity contribution is 5.98. The van der Waals surface area contributed by atoms with Gasteiger partial charge in [0.05, 0.1) is 6.42 Å². The lowest BCUT2D eigenvalue weighted by atomic mass is 9.92. The van der Waals surface area contributed by atoms with E-state index in [4.69, 9.17) is 0 Å². The molecular formula is C18H25NO4.